The number of piperazine rings is 1. The predicted octanol–water partition coefficient (Wildman–Crippen LogP) is -0.113. The fourth-order valence-corrected chi connectivity index (χ4v) is 4.50. The van der Waals surface area contributed by atoms with Gasteiger partial charge in [0, 0.05) is 39.3 Å². The van der Waals surface area contributed by atoms with Crippen molar-refractivity contribution < 1.29 is 18.0 Å². The molecule has 2 amide bonds. The van der Waals surface area contributed by atoms with Gasteiger partial charge in [0.25, 0.3) is 11.8 Å². The van der Waals surface area contributed by atoms with Crippen LogP contribution in [0.25, 0.3) is 0 Å². The van der Waals surface area contributed by atoms with Crippen LogP contribution in [0.3, 0.4) is 0 Å². The third-order valence-corrected chi connectivity index (χ3v) is 6.33. The number of nitrogens with one attached hydrogen (secondary N) is 2. The second kappa shape index (κ2) is 8.92. The Morgan fingerprint density at radius 1 is 0.963 bits per heavy atom. The van der Waals surface area contributed by atoms with E-state index in [1.54, 1.807) is 24.3 Å². The lowest BCUT2D eigenvalue weighted by molar-refractivity contribution is 0.0654. The van der Waals surface area contributed by atoms with Gasteiger partial charge in [-0.05, 0) is 31.5 Å². The van der Waals surface area contributed by atoms with Crippen LogP contribution in [0.15, 0.2) is 24.3 Å². The van der Waals surface area contributed by atoms with E-state index in [4.69, 9.17) is 0 Å². The molecule has 2 N–H and O–H groups in total. The van der Waals surface area contributed by atoms with Crippen molar-refractivity contribution in [1.29, 1.82) is 0 Å². The van der Waals surface area contributed by atoms with Gasteiger partial charge in [0.2, 0.25) is 10.0 Å². The van der Waals surface area contributed by atoms with Gasteiger partial charge in [-0.15, -0.1) is 0 Å². The number of fused-ring (bicyclic) bond motifs is 1. The van der Waals surface area contributed by atoms with Gasteiger partial charge >= 0.3 is 0 Å². The zero-order valence-corrected chi connectivity index (χ0v) is 16.1. The smallest absolute Gasteiger partial charge is 0.261 e. The van der Waals surface area contributed by atoms with E-state index in [0.29, 0.717) is 17.7 Å². The molecule has 3 rings (SSSR count). The van der Waals surface area contributed by atoms with Gasteiger partial charge in [-0.2, -0.15) is 0 Å². The van der Waals surface area contributed by atoms with Crippen LogP contribution in [-0.4, -0.2) is 81.6 Å². The van der Waals surface area contributed by atoms with Gasteiger partial charge in [0.1, 0.15) is 0 Å². The highest BCUT2D eigenvalue weighted by atomic mass is 32.2. The minimum atomic E-state index is -3.41. The van der Waals surface area contributed by atoms with Crippen molar-refractivity contribution in [3.8, 4) is 0 Å². The Balaban J connectivity index is 1.38. The second-order valence-electron chi connectivity index (χ2n) is 6.82. The van der Waals surface area contributed by atoms with Crippen molar-refractivity contribution in [1.82, 2.24) is 19.8 Å². The molecule has 1 saturated heterocycles. The normalized spacial score (nSPS) is 18.1. The molecule has 0 aliphatic carbocycles. The Bertz CT molecular complexity index is 755. The molecule has 0 saturated carbocycles. The van der Waals surface area contributed by atoms with Crippen molar-refractivity contribution in [3.63, 3.8) is 0 Å². The van der Waals surface area contributed by atoms with Crippen LogP contribution in [0.2, 0.25) is 0 Å². The van der Waals surface area contributed by atoms with Gasteiger partial charge in [-0.1, -0.05) is 12.1 Å². The van der Waals surface area contributed by atoms with Crippen LogP contribution in [-0.2, 0) is 10.0 Å². The first kappa shape index (κ1) is 19.9. The molecule has 0 atom stereocenters. The zero-order valence-electron chi connectivity index (χ0n) is 15.3. The molecule has 0 aromatic heterocycles. The highest BCUT2D eigenvalue weighted by Crippen LogP contribution is 2.22. The van der Waals surface area contributed by atoms with E-state index in [-0.39, 0.29) is 30.5 Å². The highest BCUT2D eigenvalue weighted by Gasteiger charge is 2.34. The summed E-state index contributed by atoms with van der Waals surface area (Å²) in [5.41, 5.74) is 0.771. The lowest BCUT2D eigenvalue weighted by Gasteiger charge is -2.27. The Hall–Kier alpha value is -1.81. The number of benzene rings is 1. The van der Waals surface area contributed by atoms with E-state index in [2.05, 4.69) is 14.9 Å². The number of carbonyl (C=O) groups is 2. The summed E-state index contributed by atoms with van der Waals surface area (Å²) in [4.78, 5) is 28.0. The summed E-state index contributed by atoms with van der Waals surface area (Å²) in [6, 6.07) is 6.66. The summed E-state index contributed by atoms with van der Waals surface area (Å²) in [7, 11) is -3.41. The summed E-state index contributed by atoms with van der Waals surface area (Å²) in [5.74, 6) is -0.803. The Morgan fingerprint density at radius 2 is 1.59 bits per heavy atom. The van der Waals surface area contributed by atoms with Crippen LogP contribution in [0, 0.1) is 0 Å². The monoisotopic (exact) mass is 394 g/mol. The molecular formula is C18H26N4O4S. The van der Waals surface area contributed by atoms with Crippen molar-refractivity contribution in [2.45, 2.75) is 12.8 Å². The first-order valence-corrected chi connectivity index (χ1v) is 11.0. The predicted molar refractivity (Wildman–Crippen MR) is 102 cm³/mol. The number of rotatable bonds is 9. The molecule has 1 fully saturated rings. The molecule has 8 nitrogen and oxygen atoms in total. The van der Waals surface area contributed by atoms with Gasteiger partial charge < -0.3 is 10.2 Å². The number of carbonyl (C=O) groups excluding carboxylic acids is 2. The Labute approximate surface area is 160 Å². The summed E-state index contributed by atoms with van der Waals surface area (Å²) in [6.07, 6.45) is 0.982. The van der Waals surface area contributed by atoms with Gasteiger partial charge in [0.15, 0.2) is 0 Å². The van der Waals surface area contributed by atoms with Gasteiger partial charge in [-0.3, -0.25) is 14.5 Å². The van der Waals surface area contributed by atoms with Crippen LogP contribution in [0.4, 0.5) is 0 Å². The van der Waals surface area contributed by atoms with Crippen LogP contribution >= 0.6 is 0 Å². The average molecular weight is 394 g/mol. The van der Waals surface area contributed by atoms with E-state index < -0.39 is 10.0 Å². The van der Waals surface area contributed by atoms with Crippen molar-refractivity contribution in [3.05, 3.63) is 35.4 Å². The quantitative estimate of drug-likeness (QED) is 0.448. The summed E-state index contributed by atoms with van der Waals surface area (Å²) >= 11 is 0. The highest BCUT2D eigenvalue weighted by molar-refractivity contribution is 7.89. The molecule has 0 unspecified atom stereocenters. The fourth-order valence-electron chi connectivity index (χ4n) is 3.39. The Kier molecular flexibility index (Phi) is 6.59. The zero-order chi connectivity index (χ0) is 19.3. The maximum Gasteiger partial charge on any atom is 0.261 e. The standard InChI is InChI=1S/C18H26N4O4S/c23-17-15-5-1-2-6-16(15)18(24)22(17)11-4-14-27(25,26)20-7-3-10-21-12-8-19-9-13-21/h1-2,5-6,19-20H,3-4,7-14H2. The van der Waals surface area contributed by atoms with E-state index >= 15 is 0 Å². The molecule has 2 aliphatic heterocycles. The summed E-state index contributed by atoms with van der Waals surface area (Å²) in [5, 5.41) is 3.28. The maximum absolute atomic E-state index is 12.3. The molecular weight excluding hydrogens is 368 g/mol. The first-order chi connectivity index (χ1) is 13.0. The molecule has 9 heteroatoms. The van der Waals surface area contributed by atoms with Crippen molar-refractivity contribution in [2.24, 2.45) is 0 Å². The second-order valence-corrected chi connectivity index (χ2v) is 8.75. The van der Waals surface area contributed by atoms with Crippen LogP contribution < -0.4 is 10.0 Å². The van der Waals surface area contributed by atoms with Crippen molar-refractivity contribution in [2.75, 3.05) is 51.6 Å². The molecule has 2 aliphatic rings. The van der Waals surface area contributed by atoms with E-state index in [1.807, 2.05) is 0 Å². The van der Waals surface area contributed by atoms with Gasteiger partial charge in [0.05, 0.1) is 16.9 Å². The molecule has 0 radical (unpaired) electrons. The third-order valence-electron chi connectivity index (χ3n) is 4.86. The number of hydrogen-bond acceptors (Lipinski definition) is 6. The van der Waals surface area contributed by atoms with Gasteiger partial charge in [-0.25, -0.2) is 13.1 Å². The average Bonchev–Trinajstić information content (AvgIpc) is 2.91. The largest absolute Gasteiger partial charge is 0.314 e. The number of hydrogen-bond donors (Lipinski definition) is 2. The topological polar surface area (TPSA) is 98.8 Å². The third kappa shape index (κ3) is 5.13. The lowest BCUT2D eigenvalue weighted by Crippen LogP contribution is -2.44. The number of imide groups is 1. The van der Waals surface area contributed by atoms with E-state index in [0.717, 1.165) is 44.0 Å². The lowest BCUT2D eigenvalue weighted by atomic mass is 10.1. The first-order valence-electron chi connectivity index (χ1n) is 9.33. The SMILES string of the molecule is O=C1c2ccccc2C(=O)N1CCCS(=O)(=O)NCCCN1CCNCC1. The molecule has 1 aromatic rings. The minimum absolute atomic E-state index is 0.103. The molecule has 0 spiro atoms. The number of amides is 2. The molecule has 1 aromatic carbocycles. The summed E-state index contributed by atoms with van der Waals surface area (Å²) in [6.45, 7) is 5.32. The minimum Gasteiger partial charge on any atom is -0.314 e. The number of nitrogens with zero attached hydrogens (tertiary/aromatic N) is 2. The molecule has 27 heavy (non-hydrogen) atoms. The maximum atomic E-state index is 12.3. The number of sulfonamides is 1. The van der Waals surface area contributed by atoms with Crippen molar-refractivity contribution >= 4 is 21.8 Å². The molecule has 148 valence electrons. The Morgan fingerprint density at radius 3 is 2.22 bits per heavy atom. The molecule has 0 bridgehead atoms. The van der Waals surface area contributed by atoms with E-state index in [9.17, 15) is 18.0 Å². The van der Waals surface area contributed by atoms with Crippen LogP contribution in [0.5, 0.6) is 0 Å². The summed E-state index contributed by atoms with van der Waals surface area (Å²) < 4.78 is 26.8. The van der Waals surface area contributed by atoms with Crippen LogP contribution in [0.1, 0.15) is 33.6 Å². The fraction of sp³-hybridized carbons (Fsp3) is 0.556. The molecule has 2 heterocycles. The van der Waals surface area contributed by atoms with E-state index in [1.165, 1.54) is 0 Å².